The van der Waals surface area contributed by atoms with Crippen LogP contribution in [0.3, 0.4) is 0 Å². The number of benzene rings is 1. The maximum atomic E-state index is 12.9. The Bertz CT molecular complexity index is 1070. The second-order valence-electron chi connectivity index (χ2n) is 6.45. The van der Waals surface area contributed by atoms with Crippen LogP contribution in [0.15, 0.2) is 35.1 Å². The van der Waals surface area contributed by atoms with Crippen LogP contribution in [0.25, 0.3) is 4.96 Å². The van der Waals surface area contributed by atoms with E-state index in [0.717, 1.165) is 17.0 Å². The molecule has 0 amide bonds. The van der Waals surface area contributed by atoms with Crippen molar-refractivity contribution in [3.8, 4) is 11.8 Å². The fraction of sp³-hybridized carbons (Fsp3) is 0.316. The number of rotatable bonds is 5. The number of hydrogen-bond donors (Lipinski definition) is 0. The molecular formula is C19H16FN3O2S. The highest BCUT2D eigenvalue weighted by atomic mass is 32.1. The van der Waals surface area contributed by atoms with Gasteiger partial charge in [-0.2, -0.15) is 5.26 Å². The summed E-state index contributed by atoms with van der Waals surface area (Å²) in [5, 5.41) is 8.87. The Morgan fingerprint density at radius 1 is 1.42 bits per heavy atom. The van der Waals surface area contributed by atoms with E-state index in [-0.39, 0.29) is 23.9 Å². The van der Waals surface area contributed by atoms with E-state index in [1.54, 1.807) is 4.40 Å². The van der Waals surface area contributed by atoms with E-state index in [1.165, 1.54) is 41.7 Å². The molecule has 1 fully saturated rings. The summed E-state index contributed by atoms with van der Waals surface area (Å²) < 4.78 is 20.2. The second kappa shape index (κ2) is 6.54. The number of hydrogen-bond acceptors (Lipinski definition) is 5. The lowest BCUT2D eigenvalue weighted by molar-refractivity contribution is 0.301. The third-order valence-corrected chi connectivity index (χ3v) is 5.59. The number of aromatic nitrogens is 2. The van der Waals surface area contributed by atoms with Crippen LogP contribution in [-0.2, 0) is 6.61 Å². The Morgan fingerprint density at radius 3 is 2.92 bits per heavy atom. The fourth-order valence-corrected chi connectivity index (χ4v) is 4.32. The summed E-state index contributed by atoms with van der Waals surface area (Å²) >= 11 is 1.48. The van der Waals surface area contributed by atoms with E-state index in [9.17, 15) is 9.18 Å². The summed E-state index contributed by atoms with van der Waals surface area (Å²) in [5.41, 5.74) is 1.40. The molecule has 1 aliphatic carbocycles. The average Bonchev–Trinajstić information content (AvgIpc) is 3.27. The lowest BCUT2D eigenvalue weighted by Crippen LogP contribution is -2.17. The van der Waals surface area contributed by atoms with Crippen molar-refractivity contribution in [3.05, 3.63) is 62.8 Å². The molecule has 7 heteroatoms. The molecule has 0 aliphatic heterocycles. The molecule has 2 unspecified atom stereocenters. The molecule has 1 aliphatic rings. The van der Waals surface area contributed by atoms with Gasteiger partial charge >= 0.3 is 0 Å². The Morgan fingerprint density at radius 2 is 2.19 bits per heavy atom. The molecule has 132 valence electrons. The summed E-state index contributed by atoms with van der Waals surface area (Å²) in [7, 11) is 0. The van der Waals surface area contributed by atoms with Crippen molar-refractivity contribution in [1.29, 1.82) is 5.26 Å². The molecule has 0 bridgehead atoms. The van der Waals surface area contributed by atoms with Gasteiger partial charge in [0.15, 0.2) is 4.96 Å². The van der Waals surface area contributed by atoms with Crippen molar-refractivity contribution in [2.45, 2.75) is 32.3 Å². The minimum absolute atomic E-state index is 0.130. The van der Waals surface area contributed by atoms with E-state index >= 15 is 0 Å². The molecule has 1 saturated carbocycles. The molecule has 0 N–H and O–H groups in total. The Labute approximate surface area is 153 Å². The zero-order valence-corrected chi connectivity index (χ0v) is 14.9. The first-order valence-corrected chi connectivity index (χ1v) is 9.15. The lowest BCUT2D eigenvalue weighted by Gasteiger charge is -2.06. The van der Waals surface area contributed by atoms with Gasteiger partial charge in [-0.1, -0.05) is 0 Å². The van der Waals surface area contributed by atoms with Crippen LogP contribution < -0.4 is 10.3 Å². The first-order chi connectivity index (χ1) is 12.6. The van der Waals surface area contributed by atoms with Gasteiger partial charge in [-0.15, -0.1) is 11.3 Å². The van der Waals surface area contributed by atoms with Crippen LogP contribution >= 0.6 is 11.3 Å². The van der Waals surface area contributed by atoms with Crippen molar-refractivity contribution < 1.29 is 9.13 Å². The van der Waals surface area contributed by atoms with E-state index in [1.807, 2.05) is 6.92 Å². The summed E-state index contributed by atoms with van der Waals surface area (Å²) in [6.45, 7) is 2.13. The number of aryl methyl sites for hydroxylation is 1. The van der Waals surface area contributed by atoms with Gasteiger partial charge in [0.2, 0.25) is 0 Å². The summed E-state index contributed by atoms with van der Waals surface area (Å²) in [6, 6.07) is 9.41. The molecule has 5 nitrogen and oxygen atoms in total. The number of nitriles is 1. The molecule has 0 saturated heterocycles. The molecular weight excluding hydrogens is 353 g/mol. The SMILES string of the molecule is Cc1sc2nc(COc3ccc(F)cc3)cc(=O)n2c1C1CC1CC#N. The standard InChI is InChI=1S/C19H16FN3O2S/c1-11-18(16-8-12(16)6-7-21)23-17(24)9-14(22-19(23)26-11)10-25-15-4-2-13(20)3-5-15/h2-5,9,12,16H,6,8,10H2,1H3. The molecule has 0 spiro atoms. The predicted molar refractivity (Wildman–Crippen MR) is 95.9 cm³/mol. The zero-order valence-electron chi connectivity index (χ0n) is 14.1. The van der Waals surface area contributed by atoms with Gasteiger partial charge in [0.1, 0.15) is 18.2 Å². The van der Waals surface area contributed by atoms with E-state index < -0.39 is 0 Å². The molecule has 0 radical (unpaired) electrons. The zero-order chi connectivity index (χ0) is 18.3. The Kier molecular flexibility index (Phi) is 4.21. The van der Waals surface area contributed by atoms with Crippen LogP contribution in [0.4, 0.5) is 4.39 Å². The minimum atomic E-state index is -0.327. The molecule has 26 heavy (non-hydrogen) atoms. The molecule has 2 atom stereocenters. The van der Waals surface area contributed by atoms with Crippen LogP contribution in [0.1, 0.15) is 35.0 Å². The number of halogens is 1. The maximum Gasteiger partial charge on any atom is 0.259 e. The molecule has 3 aromatic rings. The van der Waals surface area contributed by atoms with Gasteiger partial charge in [0, 0.05) is 29.0 Å². The first kappa shape index (κ1) is 16.7. The van der Waals surface area contributed by atoms with Crippen molar-refractivity contribution in [2.24, 2.45) is 5.92 Å². The van der Waals surface area contributed by atoms with Crippen molar-refractivity contribution in [2.75, 3.05) is 0 Å². The van der Waals surface area contributed by atoms with Crippen LogP contribution in [0.5, 0.6) is 5.75 Å². The number of thiazole rings is 1. The first-order valence-electron chi connectivity index (χ1n) is 8.34. The summed E-state index contributed by atoms with van der Waals surface area (Å²) in [4.78, 5) is 18.9. The molecule has 1 aromatic carbocycles. The molecule has 4 rings (SSSR count). The quantitative estimate of drug-likeness (QED) is 0.686. The predicted octanol–water partition coefficient (Wildman–Crippen LogP) is 3.80. The topological polar surface area (TPSA) is 67.4 Å². The van der Waals surface area contributed by atoms with Gasteiger partial charge in [0.25, 0.3) is 5.56 Å². The lowest BCUT2D eigenvalue weighted by atomic mass is 10.2. The number of fused-ring (bicyclic) bond motifs is 1. The highest BCUT2D eigenvalue weighted by Gasteiger charge is 2.41. The van der Waals surface area contributed by atoms with E-state index in [0.29, 0.717) is 28.7 Å². The Balaban J connectivity index is 1.60. The highest BCUT2D eigenvalue weighted by molar-refractivity contribution is 7.17. The van der Waals surface area contributed by atoms with Crippen LogP contribution in [0, 0.1) is 30.0 Å². The summed E-state index contributed by atoms with van der Waals surface area (Å²) in [5.74, 6) is 0.800. The molecule has 2 aromatic heterocycles. The van der Waals surface area contributed by atoms with Gasteiger partial charge in [0.05, 0.1) is 11.8 Å². The van der Waals surface area contributed by atoms with E-state index in [4.69, 9.17) is 10.00 Å². The Hall–Kier alpha value is -2.72. The summed E-state index contributed by atoms with van der Waals surface area (Å²) in [6.07, 6.45) is 1.47. The number of ether oxygens (including phenoxy) is 1. The van der Waals surface area contributed by atoms with E-state index in [2.05, 4.69) is 11.1 Å². The number of nitrogens with zero attached hydrogens (tertiary/aromatic N) is 3. The largest absolute Gasteiger partial charge is 0.487 e. The average molecular weight is 369 g/mol. The fourth-order valence-electron chi connectivity index (χ4n) is 3.26. The van der Waals surface area contributed by atoms with Gasteiger partial charge < -0.3 is 4.74 Å². The van der Waals surface area contributed by atoms with Crippen molar-refractivity contribution in [3.63, 3.8) is 0 Å². The smallest absolute Gasteiger partial charge is 0.259 e. The highest BCUT2D eigenvalue weighted by Crippen LogP contribution is 2.51. The van der Waals surface area contributed by atoms with Gasteiger partial charge in [-0.25, -0.2) is 9.37 Å². The maximum absolute atomic E-state index is 12.9. The van der Waals surface area contributed by atoms with Crippen LogP contribution in [-0.4, -0.2) is 9.38 Å². The monoisotopic (exact) mass is 369 g/mol. The van der Waals surface area contributed by atoms with Gasteiger partial charge in [-0.3, -0.25) is 9.20 Å². The van der Waals surface area contributed by atoms with Crippen molar-refractivity contribution in [1.82, 2.24) is 9.38 Å². The van der Waals surface area contributed by atoms with Crippen molar-refractivity contribution >= 4 is 16.3 Å². The van der Waals surface area contributed by atoms with Gasteiger partial charge in [-0.05, 0) is 43.5 Å². The third-order valence-electron chi connectivity index (χ3n) is 4.61. The second-order valence-corrected chi connectivity index (χ2v) is 7.64. The van der Waals surface area contributed by atoms with Crippen LogP contribution in [0.2, 0.25) is 0 Å². The minimum Gasteiger partial charge on any atom is -0.487 e. The third kappa shape index (κ3) is 3.08. The molecule has 2 heterocycles. The normalized spacial score (nSPS) is 18.7.